The van der Waals surface area contributed by atoms with Crippen molar-refractivity contribution >= 4 is 11.8 Å². The fourth-order valence-corrected chi connectivity index (χ4v) is 1.54. The van der Waals surface area contributed by atoms with Gasteiger partial charge < -0.3 is 9.84 Å². The van der Waals surface area contributed by atoms with Crippen LogP contribution < -0.4 is 0 Å². The summed E-state index contributed by atoms with van der Waals surface area (Å²) in [6, 6.07) is 8.40. The van der Waals surface area contributed by atoms with Crippen molar-refractivity contribution in [2.75, 3.05) is 6.61 Å². The highest BCUT2D eigenvalue weighted by Gasteiger charge is 2.34. The Hall–Kier alpha value is -2.20. The fourth-order valence-electron chi connectivity index (χ4n) is 1.54. The van der Waals surface area contributed by atoms with E-state index in [2.05, 4.69) is 0 Å². The Kier molecular flexibility index (Phi) is 3.39. The van der Waals surface area contributed by atoms with Crippen molar-refractivity contribution in [1.29, 1.82) is 0 Å². The Labute approximate surface area is 104 Å². The van der Waals surface area contributed by atoms with Crippen molar-refractivity contribution in [3.8, 4) is 0 Å². The third-order valence-corrected chi connectivity index (χ3v) is 2.59. The van der Waals surface area contributed by atoms with Crippen LogP contribution in [0.5, 0.6) is 0 Å². The van der Waals surface area contributed by atoms with Crippen molar-refractivity contribution in [2.45, 2.75) is 5.60 Å². The van der Waals surface area contributed by atoms with Crippen LogP contribution in [0, 0.1) is 0 Å². The second kappa shape index (κ2) is 4.98. The predicted octanol–water partition coefficient (Wildman–Crippen LogP) is 1.27. The van der Waals surface area contributed by atoms with E-state index in [1.807, 2.05) is 0 Å². The molecule has 0 amide bonds. The molecule has 1 aromatic carbocycles. The van der Waals surface area contributed by atoms with E-state index in [-0.39, 0.29) is 6.61 Å². The molecule has 4 heteroatoms. The number of allylic oxidation sites excluding steroid dienone is 2. The number of carbonyl (C=O) groups excluding carboxylic acids is 2. The minimum Gasteiger partial charge on any atom is -0.458 e. The topological polar surface area (TPSA) is 63.6 Å². The second-order valence-corrected chi connectivity index (χ2v) is 3.95. The Balaban J connectivity index is 2.00. The van der Waals surface area contributed by atoms with Gasteiger partial charge in [0.05, 0.1) is 5.56 Å². The molecule has 0 saturated heterocycles. The lowest BCUT2D eigenvalue weighted by Crippen LogP contribution is -2.42. The molecule has 0 aromatic heterocycles. The number of esters is 1. The molecule has 1 aliphatic carbocycles. The number of benzene rings is 1. The van der Waals surface area contributed by atoms with Gasteiger partial charge in [0, 0.05) is 0 Å². The van der Waals surface area contributed by atoms with Gasteiger partial charge in [0.2, 0.25) is 0 Å². The van der Waals surface area contributed by atoms with Crippen molar-refractivity contribution in [1.82, 2.24) is 0 Å². The summed E-state index contributed by atoms with van der Waals surface area (Å²) >= 11 is 0. The summed E-state index contributed by atoms with van der Waals surface area (Å²) in [5.74, 6) is -1.06. The molecule has 0 heterocycles. The zero-order chi connectivity index (χ0) is 13.0. The first-order valence-electron chi connectivity index (χ1n) is 5.47. The number of carbonyl (C=O) groups is 2. The maximum Gasteiger partial charge on any atom is 0.338 e. The average Bonchev–Trinajstić information content (AvgIpc) is 2.41. The summed E-state index contributed by atoms with van der Waals surface area (Å²) in [5.41, 5.74) is -1.37. The smallest absolute Gasteiger partial charge is 0.338 e. The normalized spacial score (nSPS) is 21.9. The Morgan fingerprint density at radius 2 is 1.94 bits per heavy atom. The van der Waals surface area contributed by atoms with Crippen LogP contribution in [-0.4, -0.2) is 29.1 Å². The number of hydrogen-bond donors (Lipinski definition) is 1. The number of ketones is 1. The largest absolute Gasteiger partial charge is 0.458 e. The first-order valence-corrected chi connectivity index (χ1v) is 5.47. The van der Waals surface area contributed by atoms with Crippen LogP contribution >= 0.6 is 0 Å². The first kappa shape index (κ1) is 12.3. The average molecular weight is 244 g/mol. The van der Waals surface area contributed by atoms with E-state index in [1.165, 1.54) is 24.3 Å². The number of aliphatic hydroxyl groups is 1. The van der Waals surface area contributed by atoms with Crippen LogP contribution in [0.3, 0.4) is 0 Å². The molecule has 0 spiro atoms. The highest BCUT2D eigenvalue weighted by atomic mass is 16.5. The van der Waals surface area contributed by atoms with E-state index in [1.54, 1.807) is 30.3 Å². The van der Waals surface area contributed by atoms with E-state index in [9.17, 15) is 14.7 Å². The van der Waals surface area contributed by atoms with Crippen molar-refractivity contribution in [2.24, 2.45) is 0 Å². The second-order valence-electron chi connectivity index (χ2n) is 3.95. The van der Waals surface area contributed by atoms with Gasteiger partial charge in [-0.15, -0.1) is 0 Å². The zero-order valence-electron chi connectivity index (χ0n) is 9.58. The summed E-state index contributed by atoms with van der Waals surface area (Å²) in [7, 11) is 0. The molecule has 0 radical (unpaired) electrons. The number of rotatable bonds is 3. The molecular formula is C14H12O4. The van der Waals surface area contributed by atoms with E-state index < -0.39 is 17.4 Å². The number of hydrogen-bond acceptors (Lipinski definition) is 4. The Bertz CT molecular complexity index is 516. The lowest BCUT2D eigenvalue weighted by atomic mass is 9.95. The van der Waals surface area contributed by atoms with Crippen LogP contribution in [-0.2, 0) is 9.53 Å². The minimum atomic E-state index is -1.75. The third kappa shape index (κ3) is 2.55. The monoisotopic (exact) mass is 244 g/mol. The van der Waals surface area contributed by atoms with Gasteiger partial charge in [0.1, 0.15) is 6.61 Å². The molecule has 18 heavy (non-hydrogen) atoms. The van der Waals surface area contributed by atoms with Crippen molar-refractivity contribution < 1.29 is 19.4 Å². The number of ether oxygens (including phenoxy) is 1. The van der Waals surface area contributed by atoms with Gasteiger partial charge in [-0.1, -0.05) is 30.4 Å². The summed E-state index contributed by atoms with van der Waals surface area (Å²) in [5, 5.41) is 9.97. The van der Waals surface area contributed by atoms with Crippen LogP contribution in [0.4, 0.5) is 0 Å². The van der Waals surface area contributed by atoms with E-state index in [4.69, 9.17) is 4.74 Å². The molecule has 0 aliphatic heterocycles. The molecule has 0 fully saturated rings. The molecule has 0 unspecified atom stereocenters. The van der Waals surface area contributed by atoms with Gasteiger partial charge in [0.25, 0.3) is 0 Å². The lowest BCUT2D eigenvalue weighted by molar-refractivity contribution is -0.131. The maximum atomic E-state index is 11.6. The zero-order valence-corrected chi connectivity index (χ0v) is 9.58. The molecule has 1 aliphatic rings. The fraction of sp³-hybridized carbons (Fsp3) is 0.143. The van der Waals surface area contributed by atoms with Crippen LogP contribution in [0.1, 0.15) is 10.4 Å². The Morgan fingerprint density at radius 1 is 1.22 bits per heavy atom. The van der Waals surface area contributed by atoms with E-state index >= 15 is 0 Å². The van der Waals surface area contributed by atoms with Crippen LogP contribution in [0.15, 0.2) is 54.6 Å². The molecule has 4 nitrogen and oxygen atoms in total. The van der Waals surface area contributed by atoms with E-state index in [0.29, 0.717) is 5.56 Å². The summed E-state index contributed by atoms with van der Waals surface area (Å²) in [4.78, 5) is 23.1. The van der Waals surface area contributed by atoms with Gasteiger partial charge in [-0.2, -0.15) is 0 Å². The summed E-state index contributed by atoms with van der Waals surface area (Å²) in [6.45, 7) is -0.388. The summed E-state index contributed by atoms with van der Waals surface area (Å²) in [6.07, 6.45) is 5.62. The highest BCUT2D eigenvalue weighted by molar-refractivity contribution is 6.00. The molecular weight excluding hydrogens is 232 g/mol. The van der Waals surface area contributed by atoms with Gasteiger partial charge in [-0.3, -0.25) is 4.79 Å². The summed E-state index contributed by atoms with van der Waals surface area (Å²) < 4.78 is 4.95. The standard InChI is InChI=1S/C14H12O4/c15-12-8-4-5-9-14(12,17)10-18-13(16)11-6-2-1-3-7-11/h1-9,17H,10H2/t14-/m1/s1. The highest BCUT2D eigenvalue weighted by Crippen LogP contribution is 2.15. The third-order valence-electron chi connectivity index (χ3n) is 2.59. The predicted molar refractivity (Wildman–Crippen MR) is 65.0 cm³/mol. The first-order chi connectivity index (χ1) is 8.62. The van der Waals surface area contributed by atoms with Gasteiger partial charge in [-0.05, 0) is 24.3 Å². The molecule has 1 N–H and O–H groups in total. The van der Waals surface area contributed by atoms with Gasteiger partial charge in [0.15, 0.2) is 11.4 Å². The molecule has 0 bridgehead atoms. The molecule has 92 valence electrons. The Morgan fingerprint density at radius 3 is 2.61 bits per heavy atom. The lowest BCUT2D eigenvalue weighted by Gasteiger charge is -2.22. The molecule has 1 atom stereocenters. The van der Waals surface area contributed by atoms with Crippen LogP contribution in [0.2, 0.25) is 0 Å². The molecule has 1 aromatic rings. The van der Waals surface area contributed by atoms with E-state index in [0.717, 1.165) is 0 Å². The quantitative estimate of drug-likeness (QED) is 0.813. The molecule has 2 rings (SSSR count). The maximum absolute atomic E-state index is 11.6. The van der Waals surface area contributed by atoms with Gasteiger partial charge in [-0.25, -0.2) is 4.79 Å². The van der Waals surface area contributed by atoms with Crippen molar-refractivity contribution in [3.63, 3.8) is 0 Å². The van der Waals surface area contributed by atoms with Crippen LogP contribution in [0.25, 0.3) is 0 Å². The van der Waals surface area contributed by atoms with Crippen molar-refractivity contribution in [3.05, 3.63) is 60.2 Å². The minimum absolute atomic E-state index is 0.379. The van der Waals surface area contributed by atoms with Gasteiger partial charge >= 0.3 is 5.97 Å². The SMILES string of the molecule is O=C(OC[C@]1(O)C=CC=CC1=O)c1ccccc1. The molecule has 0 saturated carbocycles.